The van der Waals surface area contributed by atoms with E-state index in [1.807, 2.05) is 13.0 Å². The SMILES string of the molecule is CCc1cc2c(C(=O)NC)c(-c3ccc(F)cc3)oc2nc1NS(=O)(=O)CCCCN(C)C(=O)c1ccccc1. The number of benzene rings is 2. The maximum Gasteiger partial charge on any atom is 0.255 e. The highest BCUT2D eigenvalue weighted by Crippen LogP contribution is 2.35. The second kappa shape index (κ2) is 12.3. The fourth-order valence-electron chi connectivity index (χ4n) is 4.32. The second-order valence-electron chi connectivity index (χ2n) is 9.32. The zero-order valence-corrected chi connectivity index (χ0v) is 23.3. The molecule has 0 fully saturated rings. The van der Waals surface area contributed by atoms with Gasteiger partial charge in [0, 0.05) is 31.8 Å². The Kier molecular flexibility index (Phi) is 8.83. The first-order chi connectivity index (χ1) is 19.1. The number of fused-ring (bicyclic) bond motifs is 1. The molecule has 0 saturated heterocycles. The van der Waals surface area contributed by atoms with Gasteiger partial charge in [-0.2, -0.15) is 4.98 Å². The minimum absolute atomic E-state index is 0.0777. The average Bonchev–Trinajstić information content (AvgIpc) is 3.32. The third-order valence-electron chi connectivity index (χ3n) is 6.48. The van der Waals surface area contributed by atoms with Crippen LogP contribution < -0.4 is 10.0 Å². The van der Waals surface area contributed by atoms with Crippen LogP contribution in [0.4, 0.5) is 10.2 Å². The van der Waals surface area contributed by atoms with E-state index in [0.29, 0.717) is 47.9 Å². The van der Waals surface area contributed by atoms with Gasteiger partial charge in [0.1, 0.15) is 17.4 Å². The van der Waals surface area contributed by atoms with E-state index in [0.717, 1.165) is 0 Å². The predicted molar refractivity (Wildman–Crippen MR) is 152 cm³/mol. The van der Waals surface area contributed by atoms with Gasteiger partial charge >= 0.3 is 0 Å². The maximum absolute atomic E-state index is 13.5. The van der Waals surface area contributed by atoms with Crippen molar-refractivity contribution in [3.8, 4) is 11.3 Å². The van der Waals surface area contributed by atoms with Gasteiger partial charge in [0.2, 0.25) is 15.7 Å². The Hall–Kier alpha value is -4.25. The molecule has 0 radical (unpaired) electrons. The van der Waals surface area contributed by atoms with Crippen LogP contribution in [0.15, 0.2) is 65.1 Å². The third kappa shape index (κ3) is 6.48. The summed E-state index contributed by atoms with van der Waals surface area (Å²) in [4.78, 5) is 31.2. The molecule has 2 aromatic heterocycles. The van der Waals surface area contributed by atoms with E-state index in [2.05, 4.69) is 15.0 Å². The number of nitrogens with one attached hydrogen (secondary N) is 2. The molecular weight excluding hydrogens is 535 g/mol. The van der Waals surface area contributed by atoms with Crippen LogP contribution in [0.2, 0.25) is 0 Å². The van der Waals surface area contributed by atoms with Crippen LogP contribution in [-0.4, -0.2) is 56.5 Å². The van der Waals surface area contributed by atoms with Crippen molar-refractivity contribution in [3.05, 3.63) is 83.2 Å². The fraction of sp³-hybridized carbons (Fsp3) is 0.276. The van der Waals surface area contributed by atoms with Crippen LogP contribution in [0.1, 0.15) is 46.0 Å². The predicted octanol–water partition coefficient (Wildman–Crippen LogP) is 4.85. The van der Waals surface area contributed by atoms with Gasteiger partial charge in [0.15, 0.2) is 0 Å². The molecule has 0 saturated carbocycles. The van der Waals surface area contributed by atoms with Crippen LogP contribution >= 0.6 is 0 Å². The molecule has 4 rings (SSSR count). The van der Waals surface area contributed by atoms with Gasteiger partial charge < -0.3 is 14.6 Å². The van der Waals surface area contributed by atoms with Crippen molar-refractivity contribution in [1.29, 1.82) is 0 Å². The van der Waals surface area contributed by atoms with E-state index in [4.69, 9.17) is 4.42 Å². The van der Waals surface area contributed by atoms with Crippen molar-refractivity contribution in [2.45, 2.75) is 26.2 Å². The van der Waals surface area contributed by atoms with Crippen LogP contribution in [0, 0.1) is 5.82 Å². The van der Waals surface area contributed by atoms with Crippen molar-refractivity contribution >= 4 is 38.8 Å². The quantitative estimate of drug-likeness (QED) is 0.250. The Balaban J connectivity index is 1.51. The monoisotopic (exact) mass is 566 g/mol. The summed E-state index contributed by atoms with van der Waals surface area (Å²) in [7, 11) is -0.592. The lowest BCUT2D eigenvalue weighted by atomic mass is 10.0. The second-order valence-corrected chi connectivity index (χ2v) is 11.2. The molecule has 0 spiro atoms. The third-order valence-corrected chi connectivity index (χ3v) is 7.81. The number of hydrogen-bond donors (Lipinski definition) is 2. The topological polar surface area (TPSA) is 122 Å². The highest BCUT2D eigenvalue weighted by molar-refractivity contribution is 7.92. The van der Waals surface area contributed by atoms with Gasteiger partial charge in [-0.3, -0.25) is 14.3 Å². The number of pyridine rings is 1. The van der Waals surface area contributed by atoms with Crippen molar-refractivity contribution < 1.29 is 26.8 Å². The summed E-state index contributed by atoms with van der Waals surface area (Å²) in [6, 6.07) is 16.1. The lowest BCUT2D eigenvalue weighted by Gasteiger charge is -2.17. The molecule has 2 amide bonds. The number of nitrogens with zero attached hydrogens (tertiary/aromatic N) is 2. The summed E-state index contributed by atoms with van der Waals surface area (Å²) < 4.78 is 47.8. The number of halogens is 1. The normalized spacial score (nSPS) is 11.4. The van der Waals surface area contributed by atoms with E-state index in [1.54, 1.807) is 42.3 Å². The number of rotatable bonds is 11. The molecular formula is C29H31FN4O5S. The summed E-state index contributed by atoms with van der Waals surface area (Å²) in [6.45, 7) is 2.26. The van der Waals surface area contributed by atoms with E-state index in [9.17, 15) is 22.4 Å². The molecule has 9 nitrogen and oxygen atoms in total. The number of sulfonamides is 1. The van der Waals surface area contributed by atoms with Gasteiger partial charge in [-0.15, -0.1) is 0 Å². The van der Waals surface area contributed by atoms with Gasteiger partial charge in [0.05, 0.1) is 16.7 Å². The van der Waals surface area contributed by atoms with Crippen LogP contribution in [0.5, 0.6) is 0 Å². The van der Waals surface area contributed by atoms with Gasteiger partial charge in [-0.1, -0.05) is 25.1 Å². The van der Waals surface area contributed by atoms with E-state index in [1.165, 1.54) is 31.3 Å². The Morgan fingerprint density at radius 1 is 1.05 bits per heavy atom. The smallest absolute Gasteiger partial charge is 0.255 e. The maximum atomic E-state index is 13.5. The van der Waals surface area contributed by atoms with Crippen LogP contribution in [0.3, 0.4) is 0 Å². The number of amides is 2. The lowest BCUT2D eigenvalue weighted by molar-refractivity contribution is 0.0793. The fourth-order valence-corrected chi connectivity index (χ4v) is 5.48. The van der Waals surface area contributed by atoms with E-state index < -0.39 is 21.7 Å². The zero-order chi connectivity index (χ0) is 28.9. The molecule has 0 aliphatic heterocycles. The average molecular weight is 567 g/mol. The Bertz CT molecular complexity index is 1620. The molecule has 40 heavy (non-hydrogen) atoms. The number of furan rings is 1. The number of unbranched alkanes of at least 4 members (excludes halogenated alkanes) is 1. The largest absolute Gasteiger partial charge is 0.437 e. The zero-order valence-electron chi connectivity index (χ0n) is 22.5. The molecule has 4 aromatic rings. The van der Waals surface area contributed by atoms with Gasteiger partial charge in [0.25, 0.3) is 11.8 Å². The summed E-state index contributed by atoms with van der Waals surface area (Å²) in [6.07, 6.45) is 1.27. The molecule has 0 aliphatic carbocycles. The van der Waals surface area contributed by atoms with Gasteiger partial charge in [-0.25, -0.2) is 12.8 Å². The lowest BCUT2D eigenvalue weighted by Crippen LogP contribution is -2.28. The molecule has 0 atom stereocenters. The Labute approximate surface area is 232 Å². The minimum atomic E-state index is -3.77. The number of anilines is 1. The molecule has 2 heterocycles. The van der Waals surface area contributed by atoms with Crippen molar-refractivity contribution in [2.24, 2.45) is 0 Å². The number of aromatic nitrogens is 1. The standard InChI is InChI=1S/C29H31FN4O5S/c1-4-19-18-23-24(27(35)31-2)25(20-12-14-22(30)15-13-20)39-28(23)32-26(19)33-40(37,38)17-9-8-16-34(3)29(36)21-10-6-5-7-11-21/h5-7,10-15,18H,4,8-9,16-17H2,1-3H3,(H,31,35)(H,32,33). The van der Waals surface area contributed by atoms with Crippen molar-refractivity contribution in [2.75, 3.05) is 31.1 Å². The Morgan fingerprint density at radius 2 is 1.75 bits per heavy atom. The number of carbonyl (C=O) groups excluding carboxylic acids is 2. The summed E-state index contributed by atoms with van der Waals surface area (Å²) >= 11 is 0. The first-order valence-electron chi connectivity index (χ1n) is 12.9. The summed E-state index contributed by atoms with van der Waals surface area (Å²) in [5.74, 6) is -0.801. The van der Waals surface area contributed by atoms with Crippen LogP contribution in [0.25, 0.3) is 22.4 Å². The molecule has 0 unspecified atom stereocenters. The summed E-state index contributed by atoms with van der Waals surface area (Å²) in [5, 5.41) is 3.01. The van der Waals surface area contributed by atoms with Crippen LogP contribution in [-0.2, 0) is 16.4 Å². The molecule has 210 valence electrons. The van der Waals surface area contributed by atoms with Crippen molar-refractivity contribution in [1.82, 2.24) is 15.2 Å². The molecule has 0 bridgehead atoms. The number of carbonyl (C=O) groups is 2. The molecule has 2 N–H and O–H groups in total. The first kappa shape index (κ1) is 28.8. The highest BCUT2D eigenvalue weighted by atomic mass is 32.2. The number of hydrogen-bond acceptors (Lipinski definition) is 6. The van der Waals surface area contributed by atoms with E-state index in [-0.39, 0.29) is 34.5 Å². The van der Waals surface area contributed by atoms with Gasteiger partial charge in [-0.05, 0) is 67.3 Å². The molecule has 2 aromatic carbocycles. The molecule has 0 aliphatic rings. The highest BCUT2D eigenvalue weighted by Gasteiger charge is 2.25. The first-order valence-corrected chi connectivity index (χ1v) is 14.5. The number of aryl methyl sites for hydroxylation is 1. The molecule has 11 heteroatoms. The Morgan fingerprint density at radius 3 is 2.40 bits per heavy atom. The van der Waals surface area contributed by atoms with E-state index >= 15 is 0 Å². The van der Waals surface area contributed by atoms with Crippen molar-refractivity contribution in [3.63, 3.8) is 0 Å². The summed E-state index contributed by atoms with van der Waals surface area (Å²) in [5.41, 5.74) is 1.95. The minimum Gasteiger partial charge on any atom is -0.437 e.